The molecule has 0 spiro atoms. The summed E-state index contributed by atoms with van der Waals surface area (Å²) in [4.78, 5) is 2.40. The highest BCUT2D eigenvalue weighted by atomic mass is 15.2. The average molecular weight is 181 g/mol. The molecule has 0 radical (unpaired) electrons. The van der Waals surface area contributed by atoms with Gasteiger partial charge in [0.25, 0.3) is 0 Å². The molecule has 0 bridgehead atoms. The minimum Gasteiger partial charge on any atom is -0.328 e. The van der Waals surface area contributed by atoms with Crippen molar-refractivity contribution in [2.24, 2.45) is 5.73 Å². The fourth-order valence-electron chi connectivity index (χ4n) is 2.13. The molecular weight excluding hydrogens is 162 g/mol. The first kappa shape index (κ1) is 10.5. The first-order chi connectivity index (χ1) is 6.15. The van der Waals surface area contributed by atoms with Crippen molar-refractivity contribution in [2.75, 3.05) is 6.54 Å². The highest BCUT2D eigenvalue weighted by molar-refractivity contribution is 4.87. The number of nitrogens with zero attached hydrogens (tertiary/aromatic N) is 2. The van der Waals surface area contributed by atoms with Crippen LogP contribution in [0.25, 0.3) is 0 Å². The minimum absolute atomic E-state index is 0.362. The van der Waals surface area contributed by atoms with Crippen LogP contribution in [0.5, 0.6) is 0 Å². The molecule has 0 saturated carbocycles. The monoisotopic (exact) mass is 181 g/mol. The van der Waals surface area contributed by atoms with Gasteiger partial charge in [0.15, 0.2) is 0 Å². The Morgan fingerprint density at radius 1 is 1.69 bits per heavy atom. The average Bonchev–Trinajstić information content (AvgIpc) is 2.04. The Balaban J connectivity index is 2.46. The Morgan fingerprint density at radius 3 is 2.92 bits per heavy atom. The van der Waals surface area contributed by atoms with Crippen LogP contribution in [0.4, 0.5) is 0 Å². The van der Waals surface area contributed by atoms with E-state index in [-0.39, 0.29) is 0 Å². The summed E-state index contributed by atoms with van der Waals surface area (Å²) in [5.41, 5.74) is 5.87. The van der Waals surface area contributed by atoms with E-state index >= 15 is 0 Å². The van der Waals surface area contributed by atoms with Crippen molar-refractivity contribution in [3.8, 4) is 6.07 Å². The maximum atomic E-state index is 8.60. The summed E-state index contributed by atoms with van der Waals surface area (Å²) in [5, 5.41) is 8.60. The number of piperidine rings is 1. The predicted octanol–water partition coefficient (Wildman–Crippen LogP) is 1.10. The smallest absolute Gasteiger partial charge is 0.0638 e. The summed E-state index contributed by atoms with van der Waals surface area (Å²) in [7, 11) is 0. The zero-order chi connectivity index (χ0) is 9.84. The molecule has 0 aromatic rings. The van der Waals surface area contributed by atoms with Crippen LogP contribution in [0.3, 0.4) is 0 Å². The van der Waals surface area contributed by atoms with E-state index in [1.165, 1.54) is 0 Å². The molecule has 13 heavy (non-hydrogen) atoms. The van der Waals surface area contributed by atoms with Gasteiger partial charge in [-0.05, 0) is 26.7 Å². The highest BCUT2D eigenvalue weighted by Crippen LogP contribution is 2.19. The fourth-order valence-corrected chi connectivity index (χ4v) is 2.13. The summed E-state index contributed by atoms with van der Waals surface area (Å²) in [5.74, 6) is 0. The summed E-state index contributed by atoms with van der Waals surface area (Å²) >= 11 is 0. The Labute approximate surface area is 80.5 Å². The molecule has 0 aliphatic carbocycles. The van der Waals surface area contributed by atoms with E-state index in [1.807, 2.05) is 0 Å². The molecule has 3 unspecified atom stereocenters. The topological polar surface area (TPSA) is 53.0 Å². The van der Waals surface area contributed by atoms with Gasteiger partial charge in [0.1, 0.15) is 0 Å². The van der Waals surface area contributed by atoms with Gasteiger partial charge in [0.05, 0.1) is 12.5 Å². The minimum atomic E-state index is 0.362. The lowest BCUT2D eigenvalue weighted by molar-refractivity contribution is 0.106. The molecule has 1 aliphatic rings. The van der Waals surface area contributed by atoms with Gasteiger partial charge < -0.3 is 5.73 Å². The largest absolute Gasteiger partial charge is 0.328 e. The van der Waals surface area contributed by atoms with Crippen molar-refractivity contribution in [1.82, 2.24) is 4.90 Å². The lowest BCUT2D eigenvalue weighted by Gasteiger charge is -2.39. The molecule has 1 rings (SSSR count). The van der Waals surface area contributed by atoms with Gasteiger partial charge in [0.2, 0.25) is 0 Å². The third-order valence-corrected chi connectivity index (χ3v) is 2.92. The van der Waals surface area contributed by atoms with Gasteiger partial charge in [-0.25, -0.2) is 0 Å². The maximum absolute atomic E-state index is 8.60. The molecule has 3 nitrogen and oxygen atoms in total. The standard InChI is InChI=1S/C10H19N3/c1-8(3-5-11)13-6-4-10(12)7-9(13)2/h8-10H,3-4,6-7,12H2,1-2H3. The lowest BCUT2D eigenvalue weighted by atomic mass is 9.97. The van der Waals surface area contributed by atoms with Gasteiger partial charge in [-0.3, -0.25) is 4.90 Å². The molecule has 1 heterocycles. The van der Waals surface area contributed by atoms with Crippen LogP contribution in [0.15, 0.2) is 0 Å². The summed E-state index contributed by atoms with van der Waals surface area (Å²) < 4.78 is 0. The normalized spacial score (nSPS) is 32.5. The maximum Gasteiger partial charge on any atom is 0.0638 e. The number of hydrogen-bond acceptors (Lipinski definition) is 3. The summed E-state index contributed by atoms with van der Waals surface area (Å²) in [6.45, 7) is 5.37. The summed E-state index contributed by atoms with van der Waals surface area (Å²) in [6, 6.07) is 3.50. The zero-order valence-electron chi connectivity index (χ0n) is 8.53. The van der Waals surface area contributed by atoms with Crippen LogP contribution in [0.2, 0.25) is 0 Å². The third kappa shape index (κ3) is 2.68. The van der Waals surface area contributed by atoms with Gasteiger partial charge in [-0.2, -0.15) is 5.26 Å². The highest BCUT2D eigenvalue weighted by Gasteiger charge is 2.26. The molecule has 1 saturated heterocycles. The van der Waals surface area contributed by atoms with Crippen LogP contribution in [-0.4, -0.2) is 29.6 Å². The number of nitriles is 1. The van der Waals surface area contributed by atoms with Crippen LogP contribution in [0, 0.1) is 11.3 Å². The quantitative estimate of drug-likeness (QED) is 0.694. The van der Waals surface area contributed by atoms with Crippen LogP contribution in [-0.2, 0) is 0 Å². The Bertz CT molecular complexity index is 197. The van der Waals surface area contributed by atoms with Crippen molar-refractivity contribution >= 4 is 0 Å². The molecule has 0 aromatic carbocycles. The molecule has 0 amide bonds. The van der Waals surface area contributed by atoms with Crippen molar-refractivity contribution in [2.45, 2.75) is 51.2 Å². The molecule has 1 fully saturated rings. The van der Waals surface area contributed by atoms with Crippen molar-refractivity contribution in [3.05, 3.63) is 0 Å². The van der Waals surface area contributed by atoms with Crippen molar-refractivity contribution in [1.29, 1.82) is 5.26 Å². The fraction of sp³-hybridized carbons (Fsp3) is 0.900. The first-order valence-corrected chi connectivity index (χ1v) is 5.03. The van der Waals surface area contributed by atoms with E-state index in [2.05, 4.69) is 24.8 Å². The van der Waals surface area contributed by atoms with Crippen molar-refractivity contribution < 1.29 is 0 Å². The second-order valence-electron chi connectivity index (χ2n) is 4.08. The van der Waals surface area contributed by atoms with Crippen LogP contribution >= 0.6 is 0 Å². The Morgan fingerprint density at radius 2 is 2.38 bits per heavy atom. The number of rotatable bonds is 2. The third-order valence-electron chi connectivity index (χ3n) is 2.92. The van der Waals surface area contributed by atoms with E-state index in [0.29, 0.717) is 24.5 Å². The first-order valence-electron chi connectivity index (χ1n) is 5.03. The molecule has 2 N–H and O–H groups in total. The van der Waals surface area contributed by atoms with Gasteiger partial charge in [-0.15, -0.1) is 0 Å². The SMILES string of the molecule is CC(CC#N)N1CCC(N)CC1C. The predicted molar refractivity (Wildman–Crippen MR) is 53.1 cm³/mol. The number of hydrogen-bond donors (Lipinski definition) is 1. The Hall–Kier alpha value is -0.590. The summed E-state index contributed by atoms with van der Waals surface area (Å²) in [6.07, 6.45) is 2.76. The van der Waals surface area contributed by atoms with Gasteiger partial charge >= 0.3 is 0 Å². The van der Waals surface area contributed by atoms with E-state index in [1.54, 1.807) is 0 Å². The molecule has 1 aliphatic heterocycles. The molecular formula is C10H19N3. The molecule has 3 atom stereocenters. The van der Waals surface area contributed by atoms with Gasteiger partial charge in [0, 0.05) is 24.7 Å². The molecule has 3 heteroatoms. The second-order valence-corrected chi connectivity index (χ2v) is 4.08. The number of likely N-dealkylation sites (tertiary alicyclic amines) is 1. The van der Waals surface area contributed by atoms with E-state index in [9.17, 15) is 0 Å². The van der Waals surface area contributed by atoms with Crippen molar-refractivity contribution in [3.63, 3.8) is 0 Å². The van der Waals surface area contributed by atoms with E-state index in [0.717, 1.165) is 19.4 Å². The zero-order valence-corrected chi connectivity index (χ0v) is 8.53. The van der Waals surface area contributed by atoms with Crippen LogP contribution < -0.4 is 5.73 Å². The number of nitrogens with two attached hydrogens (primary N) is 1. The molecule has 74 valence electrons. The van der Waals surface area contributed by atoms with Gasteiger partial charge in [-0.1, -0.05) is 0 Å². The van der Waals surface area contributed by atoms with E-state index in [4.69, 9.17) is 11.0 Å². The van der Waals surface area contributed by atoms with E-state index < -0.39 is 0 Å². The van der Waals surface area contributed by atoms with Crippen LogP contribution in [0.1, 0.15) is 33.1 Å². The lowest BCUT2D eigenvalue weighted by Crippen LogP contribution is -2.49. The second kappa shape index (κ2) is 4.59. The Kier molecular flexibility index (Phi) is 3.71. The molecule has 0 aromatic heterocycles.